The quantitative estimate of drug-likeness (QED) is 0.604. The largest absolute Gasteiger partial charge is 0.473 e. The summed E-state index contributed by atoms with van der Waals surface area (Å²) in [6.07, 6.45) is 3.08. The van der Waals surface area contributed by atoms with Crippen LogP contribution in [0.2, 0.25) is 0 Å². The third-order valence-electron chi connectivity index (χ3n) is 5.16. The fraction of sp³-hybridized carbons (Fsp3) is 0.391. The van der Waals surface area contributed by atoms with Crippen LogP contribution in [0.1, 0.15) is 12.5 Å². The minimum Gasteiger partial charge on any atom is -0.473 e. The second kappa shape index (κ2) is 9.36. The zero-order valence-electron chi connectivity index (χ0n) is 18.1. The molecular formula is C23H27N5O3. The summed E-state index contributed by atoms with van der Waals surface area (Å²) in [7, 11) is 4.10. The molecule has 1 saturated heterocycles. The van der Waals surface area contributed by atoms with Crippen LogP contribution in [0.3, 0.4) is 0 Å². The summed E-state index contributed by atoms with van der Waals surface area (Å²) in [5, 5.41) is 0. The molecule has 0 radical (unpaired) electrons. The van der Waals surface area contributed by atoms with Gasteiger partial charge in [0.05, 0.1) is 24.4 Å². The van der Waals surface area contributed by atoms with Gasteiger partial charge in [0.2, 0.25) is 11.8 Å². The predicted octanol–water partition coefficient (Wildman–Crippen LogP) is 2.38. The van der Waals surface area contributed by atoms with Crippen LogP contribution in [0, 0.1) is 0 Å². The Bertz CT molecular complexity index is 1050. The van der Waals surface area contributed by atoms with Crippen LogP contribution in [0.5, 0.6) is 5.88 Å². The first kappa shape index (κ1) is 21.1. The number of morpholine rings is 1. The normalized spacial score (nSPS) is 16.6. The number of nitrogens with zero attached hydrogens (tertiary/aromatic N) is 5. The smallest absolute Gasteiger partial charge is 0.242 e. The fourth-order valence-electron chi connectivity index (χ4n) is 3.62. The monoisotopic (exact) mass is 421 g/mol. The van der Waals surface area contributed by atoms with Crippen molar-refractivity contribution in [2.24, 2.45) is 0 Å². The lowest BCUT2D eigenvalue weighted by Crippen LogP contribution is -2.46. The molecule has 3 heterocycles. The van der Waals surface area contributed by atoms with Gasteiger partial charge in [0.25, 0.3) is 0 Å². The molecule has 1 aliphatic rings. The van der Waals surface area contributed by atoms with E-state index in [0.29, 0.717) is 31.1 Å². The Morgan fingerprint density at radius 3 is 2.74 bits per heavy atom. The van der Waals surface area contributed by atoms with E-state index in [2.05, 4.69) is 39.1 Å². The molecule has 4 rings (SSSR count). The Kier molecular flexibility index (Phi) is 6.39. The number of carbonyl (C=O) groups excluding carboxylic acids is 1. The fourth-order valence-corrected chi connectivity index (χ4v) is 3.62. The van der Waals surface area contributed by atoms with Gasteiger partial charge < -0.3 is 19.3 Å². The maximum Gasteiger partial charge on any atom is 0.242 e. The molecule has 0 saturated carbocycles. The van der Waals surface area contributed by atoms with Crippen molar-refractivity contribution in [1.82, 2.24) is 24.8 Å². The molecule has 162 valence electrons. The van der Waals surface area contributed by atoms with Gasteiger partial charge in [0.15, 0.2) is 5.52 Å². The van der Waals surface area contributed by atoms with Crippen molar-refractivity contribution >= 4 is 16.9 Å². The Labute approximate surface area is 181 Å². The van der Waals surface area contributed by atoms with Crippen LogP contribution in [0.15, 0.2) is 42.7 Å². The lowest BCUT2D eigenvalue weighted by molar-refractivity contribution is -0.137. The van der Waals surface area contributed by atoms with Crippen molar-refractivity contribution in [1.29, 1.82) is 0 Å². The number of hydrogen-bond acceptors (Lipinski definition) is 7. The first-order valence-corrected chi connectivity index (χ1v) is 10.4. The number of amides is 1. The van der Waals surface area contributed by atoms with E-state index < -0.39 is 0 Å². The zero-order chi connectivity index (χ0) is 21.8. The van der Waals surface area contributed by atoms with Gasteiger partial charge in [0.1, 0.15) is 12.7 Å². The molecule has 0 spiro atoms. The number of benzene rings is 1. The van der Waals surface area contributed by atoms with E-state index in [1.807, 2.05) is 20.2 Å². The molecule has 1 amide bonds. The highest BCUT2D eigenvalue weighted by molar-refractivity contribution is 5.83. The van der Waals surface area contributed by atoms with Crippen LogP contribution < -0.4 is 4.74 Å². The molecule has 1 fully saturated rings. The minimum atomic E-state index is -0.208. The van der Waals surface area contributed by atoms with Crippen molar-refractivity contribution in [3.63, 3.8) is 0 Å². The van der Waals surface area contributed by atoms with E-state index in [4.69, 9.17) is 14.5 Å². The molecule has 0 unspecified atom stereocenters. The zero-order valence-corrected chi connectivity index (χ0v) is 18.1. The molecule has 8 nitrogen and oxygen atoms in total. The van der Waals surface area contributed by atoms with Gasteiger partial charge in [-0.15, -0.1) is 0 Å². The Hall–Kier alpha value is -3.10. The summed E-state index contributed by atoms with van der Waals surface area (Å²) in [5.74, 6) is 0.462. The van der Waals surface area contributed by atoms with E-state index in [1.54, 1.807) is 24.2 Å². The van der Waals surface area contributed by atoms with E-state index in [-0.39, 0.29) is 18.6 Å². The first-order valence-electron chi connectivity index (χ1n) is 10.4. The highest BCUT2D eigenvalue weighted by Gasteiger charge is 2.23. The third kappa shape index (κ3) is 5.15. The van der Waals surface area contributed by atoms with Crippen LogP contribution in [0.25, 0.3) is 22.3 Å². The van der Waals surface area contributed by atoms with E-state index >= 15 is 0 Å². The summed E-state index contributed by atoms with van der Waals surface area (Å²) in [4.78, 5) is 29.2. The molecule has 1 aliphatic heterocycles. The number of hydrogen-bond donors (Lipinski definition) is 0. The molecule has 31 heavy (non-hydrogen) atoms. The first-order chi connectivity index (χ1) is 15.0. The van der Waals surface area contributed by atoms with Crippen LogP contribution in [-0.2, 0) is 16.1 Å². The molecule has 0 aliphatic carbocycles. The summed E-state index contributed by atoms with van der Waals surface area (Å²) in [6, 6.07) is 10.2. The van der Waals surface area contributed by atoms with E-state index in [0.717, 1.165) is 23.3 Å². The van der Waals surface area contributed by atoms with E-state index in [1.165, 1.54) is 5.56 Å². The summed E-state index contributed by atoms with van der Waals surface area (Å²) < 4.78 is 11.8. The van der Waals surface area contributed by atoms with Gasteiger partial charge in [-0.25, -0.2) is 9.97 Å². The Morgan fingerprint density at radius 2 is 2.00 bits per heavy atom. The molecule has 2 aromatic heterocycles. The van der Waals surface area contributed by atoms with Gasteiger partial charge >= 0.3 is 0 Å². The molecule has 3 aromatic rings. The van der Waals surface area contributed by atoms with E-state index in [9.17, 15) is 4.79 Å². The number of ether oxygens (including phenoxy) is 2. The minimum absolute atomic E-state index is 0.0439. The predicted molar refractivity (Wildman–Crippen MR) is 118 cm³/mol. The van der Waals surface area contributed by atoms with Crippen molar-refractivity contribution in [2.45, 2.75) is 19.6 Å². The summed E-state index contributed by atoms with van der Waals surface area (Å²) >= 11 is 0. The maximum atomic E-state index is 11.7. The third-order valence-corrected chi connectivity index (χ3v) is 5.16. The number of rotatable bonds is 6. The summed E-state index contributed by atoms with van der Waals surface area (Å²) in [5.41, 5.74) is 4.31. The molecule has 0 bridgehead atoms. The van der Waals surface area contributed by atoms with Crippen LogP contribution in [0.4, 0.5) is 0 Å². The highest BCUT2D eigenvalue weighted by Crippen LogP contribution is 2.27. The summed E-state index contributed by atoms with van der Waals surface area (Å²) in [6.45, 7) is 4.35. The van der Waals surface area contributed by atoms with Crippen molar-refractivity contribution < 1.29 is 14.3 Å². The second-order valence-corrected chi connectivity index (χ2v) is 7.94. The second-order valence-electron chi connectivity index (χ2n) is 7.94. The standard InChI is InChI=1S/C23H27N5O3/c1-16(29)28-10-11-30-19(14-28)15-31-23-22-21(24-8-9-25-22)12-20(26-23)18-6-4-17(5-7-18)13-27(2)3/h4-9,12,19H,10-11,13-15H2,1-3H3/t19-/m0/s1. The van der Waals surface area contributed by atoms with Gasteiger partial charge in [0, 0.05) is 38.0 Å². The Morgan fingerprint density at radius 1 is 1.23 bits per heavy atom. The number of fused-ring (bicyclic) bond motifs is 1. The maximum absolute atomic E-state index is 11.7. The van der Waals surface area contributed by atoms with Gasteiger partial charge in [-0.3, -0.25) is 9.78 Å². The van der Waals surface area contributed by atoms with Gasteiger partial charge in [-0.2, -0.15) is 0 Å². The number of carbonyl (C=O) groups is 1. The number of pyridine rings is 1. The molecule has 1 atom stereocenters. The van der Waals surface area contributed by atoms with Crippen molar-refractivity contribution in [3.8, 4) is 17.1 Å². The molecule has 8 heteroatoms. The lowest BCUT2D eigenvalue weighted by atomic mass is 10.1. The number of aromatic nitrogens is 3. The van der Waals surface area contributed by atoms with Crippen molar-refractivity contribution in [3.05, 3.63) is 48.3 Å². The van der Waals surface area contributed by atoms with Crippen LogP contribution >= 0.6 is 0 Å². The Balaban J connectivity index is 1.57. The van der Waals surface area contributed by atoms with Crippen LogP contribution in [-0.4, -0.2) is 77.2 Å². The molecule has 1 aromatic carbocycles. The molecule has 0 N–H and O–H groups in total. The van der Waals surface area contributed by atoms with Gasteiger partial charge in [-0.05, 0) is 25.7 Å². The topological polar surface area (TPSA) is 80.7 Å². The van der Waals surface area contributed by atoms with Crippen molar-refractivity contribution in [2.75, 3.05) is 40.4 Å². The highest BCUT2D eigenvalue weighted by atomic mass is 16.5. The lowest BCUT2D eigenvalue weighted by Gasteiger charge is -2.32. The van der Waals surface area contributed by atoms with Gasteiger partial charge in [-0.1, -0.05) is 24.3 Å². The SMILES string of the molecule is CC(=O)N1CCO[C@H](COc2nc(-c3ccc(CN(C)C)cc3)cc3nccnc23)C1. The average molecular weight is 422 g/mol. The molecular weight excluding hydrogens is 394 g/mol. The average Bonchev–Trinajstić information content (AvgIpc) is 2.77.